The van der Waals surface area contributed by atoms with Crippen molar-refractivity contribution in [3.8, 4) is 5.69 Å². The highest BCUT2D eigenvalue weighted by Gasteiger charge is 2.62. The van der Waals surface area contributed by atoms with E-state index in [1.54, 1.807) is 16.9 Å². The van der Waals surface area contributed by atoms with Crippen molar-refractivity contribution in [2.45, 2.75) is 31.1 Å². The third-order valence-corrected chi connectivity index (χ3v) is 3.57. The molecule has 106 valence electrons. The zero-order valence-electron chi connectivity index (χ0n) is 10.7. The Morgan fingerprint density at radius 2 is 1.85 bits per heavy atom. The van der Waals surface area contributed by atoms with Crippen molar-refractivity contribution in [2.24, 2.45) is 0 Å². The molecule has 1 saturated carbocycles. The molecule has 1 heterocycles. The molecule has 1 aliphatic rings. The van der Waals surface area contributed by atoms with Gasteiger partial charge in [-0.05, 0) is 31.0 Å². The first-order valence-electron chi connectivity index (χ1n) is 6.42. The minimum Gasteiger partial charge on any atom is -0.298 e. The number of alkyl halides is 3. The number of rotatable bonds is 4. The predicted molar refractivity (Wildman–Crippen MR) is 68.4 cm³/mol. The molecule has 1 aliphatic carbocycles. The minimum absolute atomic E-state index is 0.124. The van der Waals surface area contributed by atoms with Gasteiger partial charge in [0, 0.05) is 12.7 Å². The molecule has 0 saturated heterocycles. The molecule has 1 aromatic carbocycles. The van der Waals surface area contributed by atoms with Crippen LogP contribution < -0.4 is 5.32 Å². The average Bonchev–Trinajstić information content (AvgIpc) is 3.09. The van der Waals surface area contributed by atoms with Gasteiger partial charge in [0.25, 0.3) is 0 Å². The van der Waals surface area contributed by atoms with E-state index in [9.17, 15) is 13.2 Å². The maximum Gasteiger partial charge on any atom is 0.406 e. The van der Waals surface area contributed by atoms with E-state index in [1.807, 2.05) is 30.3 Å². The molecule has 0 radical (unpaired) electrons. The van der Waals surface area contributed by atoms with Crippen LogP contribution in [0.2, 0.25) is 0 Å². The summed E-state index contributed by atoms with van der Waals surface area (Å²) in [4.78, 5) is 0. The first-order chi connectivity index (χ1) is 9.50. The van der Waals surface area contributed by atoms with Crippen molar-refractivity contribution in [3.05, 3.63) is 48.3 Å². The summed E-state index contributed by atoms with van der Waals surface area (Å²) in [6, 6.07) is 11.2. The quantitative estimate of drug-likeness (QED) is 0.933. The Kier molecular flexibility index (Phi) is 3.05. The first-order valence-corrected chi connectivity index (χ1v) is 6.42. The number of para-hydroxylation sites is 1. The molecule has 3 rings (SSSR count). The van der Waals surface area contributed by atoms with Crippen LogP contribution in [0.1, 0.15) is 18.5 Å². The standard InChI is InChI=1S/C14H14F3N3/c15-14(16,17)13(7-8-13)18-10-11-6-9-20(19-11)12-4-2-1-3-5-12/h1-6,9,18H,7-8,10H2. The number of hydrogen-bond donors (Lipinski definition) is 1. The smallest absolute Gasteiger partial charge is 0.298 e. The maximum atomic E-state index is 12.8. The molecule has 6 heteroatoms. The zero-order valence-corrected chi connectivity index (χ0v) is 10.7. The minimum atomic E-state index is -4.19. The molecule has 0 bridgehead atoms. The lowest BCUT2D eigenvalue weighted by atomic mass is 10.2. The number of halogens is 3. The van der Waals surface area contributed by atoms with Crippen LogP contribution in [-0.4, -0.2) is 21.5 Å². The zero-order chi connectivity index (χ0) is 14.2. The van der Waals surface area contributed by atoms with E-state index in [0.717, 1.165) is 5.69 Å². The van der Waals surface area contributed by atoms with E-state index in [-0.39, 0.29) is 19.4 Å². The van der Waals surface area contributed by atoms with Crippen molar-refractivity contribution < 1.29 is 13.2 Å². The van der Waals surface area contributed by atoms with Crippen LogP contribution in [0.25, 0.3) is 5.69 Å². The summed E-state index contributed by atoms with van der Waals surface area (Å²) < 4.78 is 40.0. The molecule has 20 heavy (non-hydrogen) atoms. The van der Waals surface area contributed by atoms with E-state index < -0.39 is 11.7 Å². The van der Waals surface area contributed by atoms with Gasteiger partial charge in [-0.3, -0.25) is 5.32 Å². The van der Waals surface area contributed by atoms with Gasteiger partial charge in [-0.15, -0.1) is 0 Å². The Hall–Kier alpha value is -1.82. The second kappa shape index (κ2) is 4.63. The molecule has 0 atom stereocenters. The van der Waals surface area contributed by atoms with Crippen LogP contribution in [0.3, 0.4) is 0 Å². The van der Waals surface area contributed by atoms with Gasteiger partial charge in [-0.25, -0.2) is 4.68 Å². The molecule has 1 fully saturated rings. The Bertz CT molecular complexity index is 585. The van der Waals surface area contributed by atoms with Gasteiger partial charge in [0.05, 0.1) is 11.4 Å². The SMILES string of the molecule is FC(F)(F)C1(NCc2ccn(-c3ccccc3)n2)CC1. The normalized spacial score (nSPS) is 17.1. The second-order valence-electron chi connectivity index (χ2n) is 5.02. The summed E-state index contributed by atoms with van der Waals surface area (Å²) in [5.74, 6) is 0. The molecular formula is C14H14F3N3. The molecule has 0 aliphatic heterocycles. The first kappa shape index (κ1) is 13.2. The van der Waals surface area contributed by atoms with Crippen molar-refractivity contribution in [1.82, 2.24) is 15.1 Å². The molecule has 3 nitrogen and oxygen atoms in total. The van der Waals surface area contributed by atoms with Gasteiger partial charge in [-0.1, -0.05) is 18.2 Å². The predicted octanol–water partition coefficient (Wildman–Crippen LogP) is 3.06. The molecule has 0 amide bonds. The number of benzene rings is 1. The highest BCUT2D eigenvalue weighted by molar-refractivity contribution is 5.30. The summed E-state index contributed by atoms with van der Waals surface area (Å²) >= 11 is 0. The Morgan fingerprint density at radius 1 is 1.15 bits per heavy atom. The van der Waals surface area contributed by atoms with Crippen LogP contribution >= 0.6 is 0 Å². The van der Waals surface area contributed by atoms with Gasteiger partial charge < -0.3 is 0 Å². The van der Waals surface area contributed by atoms with Crippen molar-refractivity contribution in [3.63, 3.8) is 0 Å². The second-order valence-corrected chi connectivity index (χ2v) is 5.02. The van der Waals surface area contributed by atoms with Gasteiger partial charge in [0.1, 0.15) is 5.54 Å². The van der Waals surface area contributed by atoms with Gasteiger partial charge in [-0.2, -0.15) is 18.3 Å². The monoisotopic (exact) mass is 281 g/mol. The summed E-state index contributed by atoms with van der Waals surface area (Å²) in [7, 11) is 0. The van der Waals surface area contributed by atoms with Crippen molar-refractivity contribution in [1.29, 1.82) is 0 Å². The lowest BCUT2D eigenvalue weighted by Gasteiger charge is -2.19. The molecule has 1 aromatic heterocycles. The average molecular weight is 281 g/mol. The van der Waals surface area contributed by atoms with E-state index >= 15 is 0 Å². The van der Waals surface area contributed by atoms with Crippen LogP contribution in [-0.2, 0) is 6.54 Å². The van der Waals surface area contributed by atoms with Gasteiger partial charge in [0.2, 0.25) is 0 Å². The highest BCUT2D eigenvalue weighted by Crippen LogP contribution is 2.48. The van der Waals surface area contributed by atoms with Crippen molar-refractivity contribution in [2.75, 3.05) is 0 Å². The molecule has 1 N–H and O–H groups in total. The summed E-state index contributed by atoms with van der Waals surface area (Å²) in [6.45, 7) is 0.124. The lowest BCUT2D eigenvalue weighted by Crippen LogP contribution is -2.44. The molecular weight excluding hydrogens is 267 g/mol. The number of nitrogens with one attached hydrogen (secondary N) is 1. The number of hydrogen-bond acceptors (Lipinski definition) is 2. The summed E-state index contributed by atoms with van der Waals surface area (Å²) in [5.41, 5.74) is -0.205. The fourth-order valence-corrected chi connectivity index (χ4v) is 2.13. The number of nitrogens with zero attached hydrogens (tertiary/aromatic N) is 2. The Morgan fingerprint density at radius 3 is 2.45 bits per heavy atom. The Labute approximate surface area is 114 Å². The van der Waals surface area contributed by atoms with Crippen LogP contribution in [0.15, 0.2) is 42.6 Å². The van der Waals surface area contributed by atoms with E-state index in [1.165, 1.54) is 0 Å². The van der Waals surface area contributed by atoms with Crippen LogP contribution in [0.5, 0.6) is 0 Å². The van der Waals surface area contributed by atoms with E-state index in [2.05, 4.69) is 10.4 Å². The molecule has 0 unspecified atom stereocenters. The fraction of sp³-hybridized carbons (Fsp3) is 0.357. The van der Waals surface area contributed by atoms with E-state index in [0.29, 0.717) is 5.69 Å². The summed E-state index contributed by atoms with van der Waals surface area (Å²) in [5, 5.41) is 6.87. The molecule has 2 aromatic rings. The molecule has 0 spiro atoms. The van der Waals surface area contributed by atoms with Crippen molar-refractivity contribution >= 4 is 0 Å². The van der Waals surface area contributed by atoms with Crippen LogP contribution in [0, 0.1) is 0 Å². The largest absolute Gasteiger partial charge is 0.406 e. The number of aromatic nitrogens is 2. The van der Waals surface area contributed by atoms with Gasteiger partial charge in [0.15, 0.2) is 0 Å². The summed E-state index contributed by atoms with van der Waals surface area (Å²) in [6.07, 6.45) is -2.14. The third-order valence-electron chi connectivity index (χ3n) is 3.57. The van der Waals surface area contributed by atoms with Crippen LogP contribution in [0.4, 0.5) is 13.2 Å². The fourth-order valence-electron chi connectivity index (χ4n) is 2.13. The van der Waals surface area contributed by atoms with E-state index in [4.69, 9.17) is 0 Å². The topological polar surface area (TPSA) is 29.9 Å². The maximum absolute atomic E-state index is 12.8. The lowest BCUT2D eigenvalue weighted by molar-refractivity contribution is -0.166. The third kappa shape index (κ3) is 2.43. The highest BCUT2D eigenvalue weighted by atomic mass is 19.4. The Balaban J connectivity index is 1.67. The van der Waals surface area contributed by atoms with Gasteiger partial charge >= 0.3 is 6.18 Å².